The van der Waals surface area contributed by atoms with Crippen LogP contribution in [0.25, 0.3) is 0 Å². The van der Waals surface area contributed by atoms with Crippen LogP contribution in [-0.4, -0.2) is 11.1 Å². The standard InChI is InChI=1S/C12H19NO/c1-8(2)11-6-10(5)12(13-7-11)14-9(3)4/h6-9H,1-5H3. The zero-order valence-corrected chi connectivity index (χ0v) is 9.66. The van der Waals surface area contributed by atoms with Gasteiger partial charge in [0, 0.05) is 11.8 Å². The molecule has 0 aliphatic rings. The van der Waals surface area contributed by atoms with Crippen molar-refractivity contribution in [1.29, 1.82) is 0 Å². The van der Waals surface area contributed by atoms with Gasteiger partial charge in [-0.15, -0.1) is 0 Å². The zero-order valence-electron chi connectivity index (χ0n) is 9.66. The summed E-state index contributed by atoms with van der Waals surface area (Å²) in [6, 6.07) is 2.15. The first kappa shape index (κ1) is 11.0. The maximum atomic E-state index is 5.57. The van der Waals surface area contributed by atoms with Crippen LogP contribution >= 0.6 is 0 Å². The topological polar surface area (TPSA) is 22.1 Å². The van der Waals surface area contributed by atoms with Crippen LogP contribution in [0.1, 0.15) is 44.7 Å². The normalized spacial score (nSPS) is 11.1. The fourth-order valence-corrected chi connectivity index (χ4v) is 1.25. The van der Waals surface area contributed by atoms with E-state index < -0.39 is 0 Å². The van der Waals surface area contributed by atoms with Crippen molar-refractivity contribution in [2.24, 2.45) is 0 Å². The van der Waals surface area contributed by atoms with E-state index in [1.165, 1.54) is 5.56 Å². The number of pyridine rings is 1. The third kappa shape index (κ3) is 2.72. The molecule has 0 atom stereocenters. The molecule has 78 valence electrons. The van der Waals surface area contributed by atoms with E-state index in [9.17, 15) is 0 Å². The van der Waals surface area contributed by atoms with E-state index in [-0.39, 0.29) is 6.10 Å². The summed E-state index contributed by atoms with van der Waals surface area (Å²) in [5.41, 5.74) is 2.38. The molecule has 0 radical (unpaired) electrons. The average Bonchev–Trinajstić information content (AvgIpc) is 2.07. The number of nitrogens with zero attached hydrogens (tertiary/aromatic N) is 1. The van der Waals surface area contributed by atoms with Crippen LogP contribution in [-0.2, 0) is 0 Å². The van der Waals surface area contributed by atoms with Crippen LogP contribution in [0.4, 0.5) is 0 Å². The Morgan fingerprint density at radius 2 is 1.86 bits per heavy atom. The summed E-state index contributed by atoms with van der Waals surface area (Å²) in [5.74, 6) is 1.28. The predicted octanol–water partition coefficient (Wildman–Crippen LogP) is 3.30. The lowest BCUT2D eigenvalue weighted by molar-refractivity contribution is 0.230. The molecule has 0 amide bonds. The van der Waals surface area contributed by atoms with E-state index in [0.717, 1.165) is 11.4 Å². The van der Waals surface area contributed by atoms with Gasteiger partial charge in [0.15, 0.2) is 0 Å². The predicted molar refractivity (Wildman–Crippen MR) is 58.8 cm³/mol. The molecular weight excluding hydrogens is 174 g/mol. The second-order valence-corrected chi connectivity index (χ2v) is 4.21. The molecule has 0 aliphatic heterocycles. The lowest BCUT2D eigenvalue weighted by Gasteiger charge is -2.13. The lowest BCUT2D eigenvalue weighted by Crippen LogP contribution is -2.08. The van der Waals surface area contributed by atoms with E-state index in [1.54, 1.807) is 0 Å². The van der Waals surface area contributed by atoms with Crippen molar-refractivity contribution >= 4 is 0 Å². The van der Waals surface area contributed by atoms with Gasteiger partial charge in [0.25, 0.3) is 0 Å². The molecule has 0 bridgehead atoms. The molecule has 2 nitrogen and oxygen atoms in total. The number of aryl methyl sites for hydroxylation is 1. The molecule has 14 heavy (non-hydrogen) atoms. The van der Waals surface area contributed by atoms with Crippen molar-refractivity contribution in [2.75, 3.05) is 0 Å². The van der Waals surface area contributed by atoms with Crippen LogP contribution in [0.2, 0.25) is 0 Å². The van der Waals surface area contributed by atoms with Crippen LogP contribution in [0.5, 0.6) is 5.88 Å². The Hall–Kier alpha value is -1.05. The first-order valence-corrected chi connectivity index (χ1v) is 5.14. The highest BCUT2D eigenvalue weighted by Gasteiger charge is 2.06. The Morgan fingerprint density at radius 1 is 1.21 bits per heavy atom. The second-order valence-electron chi connectivity index (χ2n) is 4.21. The zero-order chi connectivity index (χ0) is 10.7. The van der Waals surface area contributed by atoms with Crippen molar-refractivity contribution in [2.45, 2.75) is 46.6 Å². The summed E-state index contributed by atoms with van der Waals surface area (Å²) >= 11 is 0. The molecule has 0 aliphatic carbocycles. The summed E-state index contributed by atoms with van der Waals surface area (Å²) in [7, 11) is 0. The summed E-state index contributed by atoms with van der Waals surface area (Å²) < 4.78 is 5.57. The SMILES string of the molecule is Cc1cc(C(C)C)cnc1OC(C)C. The summed E-state index contributed by atoms with van der Waals surface area (Å²) in [6.45, 7) is 10.4. The third-order valence-corrected chi connectivity index (χ3v) is 2.07. The van der Waals surface area contributed by atoms with Crippen molar-refractivity contribution in [1.82, 2.24) is 4.98 Å². The first-order chi connectivity index (χ1) is 6.50. The van der Waals surface area contributed by atoms with Gasteiger partial charge in [-0.2, -0.15) is 0 Å². The van der Waals surface area contributed by atoms with Crippen molar-refractivity contribution in [3.8, 4) is 5.88 Å². The van der Waals surface area contributed by atoms with Crippen molar-refractivity contribution in [3.63, 3.8) is 0 Å². The fourth-order valence-electron chi connectivity index (χ4n) is 1.25. The minimum atomic E-state index is 0.186. The Balaban J connectivity index is 2.90. The smallest absolute Gasteiger partial charge is 0.216 e. The Kier molecular flexibility index (Phi) is 3.50. The third-order valence-electron chi connectivity index (χ3n) is 2.07. The minimum absolute atomic E-state index is 0.186. The van der Waals surface area contributed by atoms with Gasteiger partial charge in [0.1, 0.15) is 0 Å². The van der Waals surface area contributed by atoms with Gasteiger partial charge >= 0.3 is 0 Å². The van der Waals surface area contributed by atoms with Gasteiger partial charge in [0.2, 0.25) is 5.88 Å². The molecule has 0 spiro atoms. The number of aromatic nitrogens is 1. The molecule has 1 heterocycles. The second kappa shape index (κ2) is 4.45. The molecular formula is C12H19NO. The molecule has 2 heteroatoms. The van der Waals surface area contributed by atoms with E-state index in [1.807, 2.05) is 27.0 Å². The van der Waals surface area contributed by atoms with Gasteiger partial charge in [-0.1, -0.05) is 13.8 Å². The highest BCUT2D eigenvalue weighted by molar-refractivity contribution is 5.30. The van der Waals surface area contributed by atoms with Gasteiger partial charge in [-0.3, -0.25) is 0 Å². The molecule has 1 aromatic rings. The molecule has 0 unspecified atom stereocenters. The molecule has 0 saturated carbocycles. The van der Waals surface area contributed by atoms with E-state index in [0.29, 0.717) is 5.92 Å². The minimum Gasteiger partial charge on any atom is -0.475 e. The van der Waals surface area contributed by atoms with Gasteiger partial charge < -0.3 is 4.74 Å². The van der Waals surface area contributed by atoms with Crippen LogP contribution < -0.4 is 4.74 Å². The van der Waals surface area contributed by atoms with Crippen LogP contribution in [0.3, 0.4) is 0 Å². The molecule has 0 fully saturated rings. The quantitative estimate of drug-likeness (QED) is 0.734. The highest BCUT2D eigenvalue weighted by Crippen LogP contribution is 2.21. The molecule has 0 saturated heterocycles. The number of hydrogen-bond acceptors (Lipinski definition) is 2. The van der Waals surface area contributed by atoms with E-state index >= 15 is 0 Å². The Morgan fingerprint density at radius 3 is 2.29 bits per heavy atom. The van der Waals surface area contributed by atoms with E-state index in [4.69, 9.17) is 4.74 Å². The summed E-state index contributed by atoms with van der Waals surface area (Å²) in [4.78, 5) is 4.32. The van der Waals surface area contributed by atoms with E-state index in [2.05, 4.69) is 24.9 Å². The largest absolute Gasteiger partial charge is 0.475 e. The van der Waals surface area contributed by atoms with Gasteiger partial charge in [-0.05, 0) is 38.3 Å². The maximum Gasteiger partial charge on any atom is 0.216 e. The van der Waals surface area contributed by atoms with Gasteiger partial charge in [0.05, 0.1) is 6.10 Å². The maximum absolute atomic E-state index is 5.57. The molecule has 0 N–H and O–H groups in total. The summed E-state index contributed by atoms with van der Waals surface area (Å²) in [5, 5.41) is 0. The first-order valence-electron chi connectivity index (χ1n) is 5.14. The number of ether oxygens (including phenoxy) is 1. The molecule has 1 aromatic heterocycles. The average molecular weight is 193 g/mol. The number of hydrogen-bond donors (Lipinski definition) is 0. The summed E-state index contributed by atoms with van der Waals surface area (Å²) in [6.07, 6.45) is 2.08. The monoisotopic (exact) mass is 193 g/mol. The van der Waals surface area contributed by atoms with Crippen molar-refractivity contribution in [3.05, 3.63) is 23.4 Å². The van der Waals surface area contributed by atoms with Crippen molar-refractivity contribution < 1.29 is 4.74 Å². The Labute approximate surface area is 86.3 Å². The lowest BCUT2D eigenvalue weighted by atomic mass is 10.0. The van der Waals surface area contributed by atoms with Crippen LogP contribution in [0.15, 0.2) is 12.3 Å². The van der Waals surface area contributed by atoms with Gasteiger partial charge in [-0.25, -0.2) is 4.98 Å². The molecule has 0 aromatic carbocycles. The fraction of sp³-hybridized carbons (Fsp3) is 0.583. The Bertz CT molecular complexity index is 305. The number of rotatable bonds is 3. The molecule has 1 rings (SSSR count). The van der Waals surface area contributed by atoms with Crippen LogP contribution in [0, 0.1) is 6.92 Å². The highest BCUT2D eigenvalue weighted by atomic mass is 16.5.